The van der Waals surface area contributed by atoms with Gasteiger partial charge in [0.15, 0.2) is 0 Å². The number of hydrogen-bond acceptors (Lipinski definition) is 3. The van der Waals surface area contributed by atoms with Gasteiger partial charge < -0.3 is 5.32 Å². The molecule has 1 N–H and O–H groups in total. The summed E-state index contributed by atoms with van der Waals surface area (Å²) in [4.78, 5) is 18.1. The highest BCUT2D eigenvalue weighted by Crippen LogP contribution is 2.30. The zero-order valence-corrected chi connectivity index (χ0v) is 18.2. The molecule has 4 rings (SSSR count). The van der Waals surface area contributed by atoms with Gasteiger partial charge in [-0.1, -0.05) is 48.0 Å². The maximum absolute atomic E-state index is 13.2. The van der Waals surface area contributed by atoms with Crippen LogP contribution in [-0.4, -0.2) is 20.7 Å². The number of nitrogens with zero attached hydrogens (tertiary/aromatic N) is 3. The minimum absolute atomic E-state index is 0.149. The third-order valence-corrected chi connectivity index (χ3v) is 5.85. The number of aromatic nitrogens is 3. The van der Waals surface area contributed by atoms with E-state index in [2.05, 4.69) is 10.4 Å². The van der Waals surface area contributed by atoms with Gasteiger partial charge in [-0.25, -0.2) is 4.98 Å². The van der Waals surface area contributed by atoms with Crippen LogP contribution in [0.3, 0.4) is 0 Å². The van der Waals surface area contributed by atoms with Crippen LogP contribution in [0.15, 0.2) is 48.5 Å². The van der Waals surface area contributed by atoms with Crippen LogP contribution in [0.25, 0.3) is 22.2 Å². The molecule has 6 heteroatoms. The van der Waals surface area contributed by atoms with Crippen LogP contribution in [-0.2, 0) is 13.6 Å². The number of nitrogens with one attached hydrogen (secondary N) is 1. The Morgan fingerprint density at radius 1 is 1.10 bits per heavy atom. The zero-order chi connectivity index (χ0) is 21.4. The van der Waals surface area contributed by atoms with E-state index in [-0.39, 0.29) is 5.91 Å². The van der Waals surface area contributed by atoms with E-state index in [1.165, 1.54) is 0 Å². The number of carbonyl (C=O) groups excluding carboxylic acids is 1. The van der Waals surface area contributed by atoms with E-state index in [0.717, 1.165) is 39.0 Å². The van der Waals surface area contributed by atoms with Crippen molar-refractivity contribution in [3.8, 4) is 11.3 Å². The van der Waals surface area contributed by atoms with Crippen LogP contribution >= 0.6 is 11.6 Å². The molecular formula is C24H23ClN4O. The van der Waals surface area contributed by atoms with E-state index >= 15 is 0 Å². The molecule has 0 radical (unpaired) electrons. The molecule has 0 aliphatic carbocycles. The Bertz CT molecular complexity index is 1280. The summed E-state index contributed by atoms with van der Waals surface area (Å²) in [6.45, 7) is 6.37. The maximum atomic E-state index is 13.2. The molecule has 2 aromatic heterocycles. The first-order valence-electron chi connectivity index (χ1n) is 9.79. The second-order valence-corrected chi connectivity index (χ2v) is 7.87. The van der Waals surface area contributed by atoms with E-state index in [1.54, 1.807) is 0 Å². The van der Waals surface area contributed by atoms with Crippen molar-refractivity contribution < 1.29 is 4.79 Å². The van der Waals surface area contributed by atoms with Gasteiger partial charge in [0.25, 0.3) is 5.91 Å². The molecule has 0 saturated heterocycles. The van der Waals surface area contributed by atoms with Crippen molar-refractivity contribution in [2.24, 2.45) is 7.05 Å². The van der Waals surface area contributed by atoms with Crippen molar-refractivity contribution in [3.05, 3.63) is 81.6 Å². The van der Waals surface area contributed by atoms with E-state index in [1.807, 2.05) is 81.0 Å². The predicted octanol–water partition coefficient (Wildman–Crippen LogP) is 5.14. The second kappa shape index (κ2) is 7.92. The molecule has 0 atom stereocenters. The number of fused-ring (bicyclic) bond motifs is 1. The highest BCUT2D eigenvalue weighted by Gasteiger charge is 2.17. The van der Waals surface area contributed by atoms with Gasteiger partial charge in [-0.05, 0) is 38.5 Å². The summed E-state index contributed by atoms with van der Waals surface area (Å²) >= 11 is 6.41. The van der Waals surface area contributed by atoms with E-state index in [0.29, 0.717) is 22.8 Å². The largest absolute Gasteiger partial charge is 0.348 e. The van der Waals surface area contributed by atoms with Crippen LogP contribution in [0.5, 0.6) is 0 Å². The molecule has 4 aromatic rings. The third kappa shape index (κ3) is 3.57. The van der Waals surface area contributed by atoms with Crippen molar-refractivity contribution in [2.45, 2.75) is 27.3 Å². The summed E-state index contributed by atoms with van der Waals surface area (Å²) in [6.07, 6.45) is 0. The lowest BCUT2D eigenvalue weighted by Crippen LogP contribution is -2.24. The first kappa shape index (κ1) is 20.1. The lowest BCUT2D eigenvalue weighted by Gasteiger charge is -2.13. The number of pyridine rings is 1. The lowest BCUT2D eigenvalue weighted by molar-refractivity contribution is 0.0952. The Labute approximate surface area is 180 Å². The Kier molecular flexibility index (Phi) is 5.31. The molecule has 5 nitrogen and oxygen atoms in total. The van der Waals surface area contributed by atoms with Gasteiger partial charge in [-0.3, -0.25) is 9.48 Å². The lowest BCUT2D eigenvalue weighted by atomic mass is 10.0. The molecule has 0 unspecified atom stereocenters. The maximum Gasteiger partial charge on any atom is 0.252 e. The van der Waals surface area contributed by atoms with Crippen LogP contribution in [0.1, 0.15) is 32.9 Å². The molecule has 30 heavy (non-hydrogen) atoms. The van der Waals surface area contributed by atoms with E-state index < -0.39 is 0 Å². The Morgan fingerprint density at radius 2 is 1.87 bits per heavy atom. The van der Waals surface area contributed by atoms with Crippen LogP contribution in [0.4, 0.5) is 0 Å². The number of rotatable bonds is 4. The summed E-state index contributed by atoms with van der Waals surface area (Å²) in [6, 6.07) is 15.2. The molecular weight excluding hydrogens is 396 g/mol. The Morgan fingerprint density at radius 3 is 2.57 bits per heavy atom. The van der Waals surface area contributed by atoms with Crippen molar-refractivity contribution in [1.29, 1.82) is 0 Å². The number of halogens is 1. The predicted molar refractivity (Wildman–Crippen MR) is 121 cm³/mol. The fourth-order valence-corrected chi connectivity index (χ4v) is 3.96. The number of carbonyl (C=O) groups is 1. The number of aryl methyl sites for hydroxylation is 3. The highest BCUT2D eigenvalue weighted by molar-refractivity contribution is 6.33. The van der Waals surface area contributed by atoms with E-state index in [9.17, 15) is 4.79 Å². The first-order valence-corrected chi connectivity index (χ1v) is 10.2. The van der Waals surface area contributed by atoms with Crippen molar-refractivity contribution >= 4 is 28.4 Å². The quantitative estimate of drug-likeness (QED) is 0.499. The monoisotopic (exact) mass is 418 g/mol. The number of benzene rings is 2. The number of hydrogen-bond donors (Lipinski definition) is 1. The van der Waals surface area contributed by atoms with Crippen LogP contribution in [0.2, 0.25) is 5.02 Å². The fourth-order valence-electron chi connectivity index (χ4n) is 3.72. The van der Waals surface area contributed by atoms with Crippen molar-refractivity contribution in [3.63, 3.8) is 0 Å². The average molecular weight is 419 g/mol. The van der Waals surface area contributed by atoms with Gasteiger partial charge in [0.1, 0.15) is 0 Å². The molecule has 0 saturated carbocycles. The summed E-state index contributed by atoms with van der Waals surface area (Å²) in [5.74, 6) is -0.149. The number of amides is 1. The summed E-state index contributed by atoms with van der Waals surface area (Å²) in [5.41, 5.74) is 6.87. The summed E-state index contributed by atoms with van der Waals surface area (Å²) in [5, 5.41) is 8.91. The van der Waals surface area contributed by atoms with Crippen molar-refractivity contribution in [1.82, 2.24) is 20.1 Å². The first-order chi connectivity index (χ1) is 14.4. The molecule has 0 bridgehead atoms. The molecule has 2 aromatic carbocycles. The summed E-state index contributed by atoms with van der Waals surface area (Å²) < 4.78 is 1.83. The van der Waals surface area contributed by atoms with Gasteiger partial charge in [0, 0.05) is 40.8 Å². The molecule has 2 heterocycles. The number of para-hydroxylation sites is 1. The molecule has 0 fully saturated rings. The average Bonchev–Trinajstić information content (AvgIpc) is 2.97. The van der Waals surface area contributed by atoms with Crippen molar-refractivity contribution in [2.75, 3.05) is 0 Å². The van der Waals surface area contributed by atoms with Crippen LogP contribution in [0, 0.1) is 20.8 Å². The second-order valence-electron chi connectivity index (χ2n) is 7.46. The minimum Gasteiger partial charge on any atom is -0.348 e. The molecule has 0 aliphatic rings. The van der Waals surface area contributed by atoms with Gasteiger partial charge in [-0.2, -0.15) is 5.10 Å². The van der Waals surface area contributed by atoms with Gasteiger partial charge in [0.05, 0.1) is 22.5 Å². The van der Waals surface area contributed by atoms with Crippen LogP contribution < -0.4 is 5.32 Å². The topological polar surface area (TPSA) is 59.8 Å². The third-order valence-electron chi connectivity index (χ3n) is 5.52. The van der Waals surface area contributed by atoms with E-state index in [4.69, 9.17) is 16.6 Å². The Balaban J connectivity index is 1.78. The smallest absolute Gasteiger partial charge is 0.252 e. The Hall–Kier alpha value is -3.18. The zero-order valence-electron chi connectivity index (χ0n) is 17.5. The SMILES string of the molecule is Cc1nn(C)c(C)c1CNC(=O)c1cc(-c2ccccc2Cl)nc2c(C)cccc12. The summed E-state index contributed by atoms with van der Waals surface area (Å²) in [7, 11) is 1.91. The normalized spacial score (nSPS) is 11.1. The molecule has 0 spiro atoms. The van der Waals surface area contributed by atoms with Gasteiger partial charge in [0.2, 0.25) is 0 Å². The van der Waals surface area contributed by atoms with Gasteiger partial charge >= 0.3 is 0 Å². The molecule has 1 amide bonds. The van der Waals surface area contributed by atoms with Gasteiger partial charge in [-0.15, -0.1) is 0 Å². The molecule has 0 aliphatic heterocycles. The fraction of sp³-hybridized carbons (Fsp3) is 0.208. The standard InChI is InChI=1S/C24H23ClN4O/c1-14-8-7-10-17-19(24(30)26-13-20-15(2)28-29(4)16(20)3)12-22(27-23(14)17)18-9-5-6-11-21(18)25/h5-12H,13H2,1-4H3,(H,26,30). The highest BCUT2D eigenvalue weighted by atomic mass is 35.5. The minimum atomic E-state index is -0.149. The molecule has 152 valence electrons.